The highest BCUT2D eigenvalue weighted by Crippen LogP contribution is 2.29. The quantitative estimate of drug-likeness (QED) is 0.870. The maximum absolute atomic E-state index is 12.7. The van der Waals surface area contributed by atoms with Crippen LogP contribution in [0, 0.1) is 0 Å². The van der Waals surface area contributed by atoms with Gasteiger partial charge in [0.2, 0.25) is 0 Å². The van der Waals surface area contributed by atoms with E-state index in [4.69, 9.17) is 9.47 Å². The summed E-state index contributed by atoms with van der Waals surface area (Å²) in [6.07, 6.45) is 3.97. The van der Waals surface area contributed by atoms with Crippen LogP contribution < -0.4 is 19.7 Å². The van der Waals surface area contributed by atoms with Gasteiger partial charge in [0.15, 0.2) is 5.13 Å². The molecule has 1 atom stereocenters. The molecule has 7 heteroatoms. The fourth-order valence-electron chi connectivity index (χ4n) is 3.03. The van der Waals surface area contributed by atoms with Crippen LogP contribution in [-0.4, -0.2) is 44.2 Å². The molecule has 1 saturated heterocycles. The molecule has 1 N–H and O–H groups in total. The number of hydrogen-bond acceptors (Lipinski definition) is 6. The molecule has 0 radical (unpaired) electrons. The lowest BCUT2D eigenvalue weighted by Crippen LogP contribution is -2.40. The zero-order valence-corrected chi connectivity index (χ0v) is 14.6. The molecule has 1 fully saturated rings. The van der Waals surface area contributed by atoms with Crippen LogP contribution in [-0.2, 0) is 0 Å². The Morgan fingerprint density at radius 3 is 2.75 bits per heavy atom. The minimum atomic E-state index is -0.185. The summed E-state index contributed by atoms with van der Waals surface area (Å²) in [5.41, 5.74) is 0.432. The molecular weight excluding hydrogens is 326 g/mol. The van der Waals surface area contributed by atoms with E-state index >= 15 is 0 Å². The normalized spacial score (nSPS) is 16.9. The number of nitrogens with one attached hydrogen (secondary N) is 1. The van der Waals surface area contributed by atoms with Crippen LogP contribution in [0.5, 0.6) is 11.5 Å². The fourth-order valence-corrected chi connectivity index (χ4v) is 3.77. The number of ether oxygens (including phenoxy) is 2. The summed E-state index contributed by atoms with van der Waals surface area (Å²) >= 11 is 1.63. The van der Waals surface area contributed by atoms with Crippen molar-refractivity contribution in [3.63, 3.8) is 0 Å². The topological polar surface area (TPSA) is 63.7 Å². The number of carbonyl (C=O) groups excluding carboxylic acids is 1. The summed E-state index contributed by atoms with van der Waals surface area (Å²) in [7, 11) is 3.10. The first-order chi connectivity index (χ1) is 11.7. The summed E-state index contributed by atoms with van der Waals surface area (Å²) in [6.45, 7) is 1.55. The molecule has 1 aliphatic rings. The fraction of sp³-hybridized carbons (Fsp3) is 0.412. The molecule has 24 heavy (non-hydrogen) atoms. The number of benzene rings is 1. The Bertz CT molecular complexity index is 668. The Balaban J connectivity index is 1.70. The largest absolute Gasteiger partial charge is 0.496 e. The molecule has 128 valence electrons. The summed E-state index contributed by atoms with van der Waals surface area (Å²) < 4.78 is 10.6. The third kappa shape index (κ3) is 3.31. The second kappa shape index (κ2) is 7.53. The van der Waals surface area contributed by atoms with Crippen LogP contribution in [0.2, 0.25) is 0 Å². The van der Waals surface area contributed by atoms with Crippen LogP contribution in [0.15, 0.2) is 29.8 Å². The number of nitrogens with zero attached hydrogens (tertiary/aromatic N) is 2. The molecule has 1 aromatic heterocycles. The molecule has 0 saturated carbocycles. The first-order valence-electron chi connectivity index (χ1n) is 7.90. The Kier molecular flexibility index (Phi) is 5.20. The van der Waals surface area contributed by atoms with Crippen LogP contribution in [0.4, 0.5) is 5.13 Å². The van der Waals surface area contributed by atoms with Crippen LogP contribution in [0.25, 0.3) is 0 Å². The van der Waals surface area contributed by atoms with E-state index in [1.807, 2.05) is 11.6 Å². The summed E-state index contributed by atoms with van der Waals surface area (Å²) in [4.78, 5) is 19.3. The number of amides is 1. The Morgan fingerprint density at radius 2 is 2.12 bits per heavy atom. The number of hydrogen-bond donors (Lipinski definition) is 1. The predicted octanol–water partition coefficient (Wildman–Crippen LogP) is 2.56. The van der Waals surface area contributed by atoms with Crippen molar-refractivity contribution in [2.75, 3.05) is 32.2 Å². The number of carbonyl (C=O) groups is 1. The predicted molar refractivity (Wildman–Crippen MR) is 94.4 cm³/mol. The molecule has 3 rings (SSSR count). The van der Waals surface area contributed by atoms with Gasteiger partial charge in [-0.2, -0.15) is 0 Å². The highest BCUT2D eigenvalue weighted by atomic mass is 32.1. The van der Waals surface area contributed by atoms with Crippen molar-refractivity contribution < 1.29 is 14.3 Å². The minimum absolute atomic E-state index is 0.185. The van der Waals surface area contributed by atoms with Crippen LogP contribution in [0.1, 0.15) is 23.2 Å². The molecule has 2 aromatic rings. The van der Waals surface area contributed by atoms with E-state index in [0.29, 0.717) is 23.6 Å². The van der Waals surface area contributed by atoms with Crippen LogP contribution >= 0.6 is 11.3 Å². The first-order valence-corrected chi connectivity index (χ1v) is 8.78. The van der Waals surface area contributed by atoms with Gasteiger partial charge in [-0.05, 0) is 25.0 Å². The van der Waals surface area contributed by atoms with Crippen molar-refractivity contribution in [1.29, 1.82) is 0 Å². The lowest BCUT2D eigenvalue weighted by Gasteiger charge is -2.24. The minimum Gasteiger partial charge on any atom is -0.496 e. The van der Waals surface area contributed by atoms with Crippen LogP contribution in [0.3, 0.4) is 0 Å². The number of anilines is 1. The number of methoxy groups -OCH3 is 2. The standard InChI is InChI=1S/C17H21N3O3S/c1-22-13-6-3-7-14(23-2)15(13)16(21)19-11-12-5-4-9-20(12)17-18-8-10-24-17/h3,6-8,10,12H,4-5,9,11H2,1-2H3,(H,19,21). The van der Waals surface area contributed by atoms with Gasteiger partial charge in [0.1, 0.15) is 17.1 Å². The zero-order chi connectivity index (χ0) is 16.9. The number of rotatable bonds is 6. The molecule has 0 spiro atoms. The van der Waals surface area contributed by atoms with Gasteiger partial charge in [0, 0.05) is 30.7 Å². The summed E-state index contributed by atoms with van der Waals surface area (Å²) in [5, 5.41) is 6.01. The van der Waals surface area contributed by atoms with Gasteiger partial charge in [0.25, 0.3) is 5.91 Å². The Morgan fingerprint density at radius 1 is 1.38 bits per heavy atom. The second-order valence-electron chi connectivity index (χ2n) is 5.55. The van der Waals surface area contributed by atoms with Gasteiger partial charge < -0.3 is 19.7 Å². The summed E-state index contributed by atoms with van der Waals surface area (Å²) in [6, 6.07) is 5.58. The third-order valence-electron chi connectivity index (χ3n) is 4.20. The Hall–Kier alpha value is -2.28. The molecule has 1 aromatic carbocycles. The lowest BCUT2D eigenvalue weighted by atomic mass is 10.1. The van der Waals surface area contributed by atoms with E-state index in [0.717, 1.165) is 24.5 Å². The van der Waals surface area contributed by atoms with Gasteiger partial charge in [-0.3, -0.25) is 4.79 Å². The molecule has 2 heterocycles. The van der Waals surface area contributed by atoms with Gasteiger partial charge in [-0.1, -0.05) is 6.07 Å². The van der Waals surface area contributed by atoms with Crippen molar-refractivity contribution in [2.24, 2.45) is 0 Å². The Labute approximate surface area is 145 Å². The maximum Gasteiger partial charge on any atom is 0.258 e. The SMILES string of the molecule is COc1cccc(OC)c1C(=O)NCC1CCCN1c1nccs1. The van der Waals surface area contributed by atoms with E-state index in [9.17, 15) is 4.79 Å². The van der Waals surface area contributed by atoms with Crippen molar-refractivity contribution in [3.8, 4) is 11.5 Å². The molecular formula is C17H21N3O3S. The third-order valence-corrected chi connectivity index (χ3v) is 5.00. The van der Waals surface area contributed by atoms with E-state index in [1.165, 1.54) is 0 Å². The second-order valence-corrected chi connectivity index (χ2v) is 6.42. The molecule has 1 unspecified atom stereocenters. The van der Waals surface area contributed by atoms with Crippen molar-refractivity contribution in [3.05, 3.63) is 35.3 Å². The van der Waals surface area contributed by atoms with Crippen molar-refractivity contribution in [2.45, 2.75) is 18.9 Å². The average Bonchev–Trinajstić information content (AvgIpc) is 3.29. The van der Waals surface area contributed by atoms with E-state index in [1.54, 1.807) is 43.8 Å². The number of thiazole rings is 1. The van der Waals surface area contributed by atoms with Crippen molar-refractivity contribution in [1.82, 2.24) is 10.3 Å². The lowest BCUT2D eigenvalue weighted by molar-refractivity contribution is 0.0945. The molecule has 0 aliphatic carbocycles. The maximum atomic E-state index is 12.7. The van der Waals surface area contributed by atoms with Gasteiger partial charge in [-0.15, -0.1) is 11.3 Å². The smallest absolute Gasteiger partial charge is 0.258 e. The van der Waals surface area contributed by atoms with Crippen molar-refractivity contribution >= 4 is 22.4 Å². The van der Waals surface area contributed by atoms with Gasteiger partial charge in [-0.25, -0.2) is 4.98 Å². The molecule has 1 aliphatic heterocycles. The van der Waals surface area contributed by atoms with Gasteiger partial charge in [0.05, 0.1) is 14.2 Å². The van der Waals surface area contributed by atoms with E-state index < -0.39 is 0 Å². The average molecular weight is 347 g/mol. The monoisotopic (exact) mass is 347 g/mol. The van der Waals surface area contributed by atoms with E-state index in [-0.39, 0.29) is 11.9 Å². The van der Waals surface area contributed by atoms with Gasteiger partial charge >= 0.3 is 0 Å². The highest BCUT2D eigenvalue weighted by molar-refractivity contribution is 7.13. The van der Waals surface area contributed by atoms with E-state index in [2.05, 4.69) is 15.2 Å². The zero-order valence-electron chi connectivity index (χ0n) is 13.8. The molecule has 6 nitrogen and oxygen atoms in total. The summed E-state index contributed by atoms with van der Waals surface area (Å²) in [5.74, 6) is 0.834. The first kappa shape index (κ1) is 16.6. The highest BCUT2D eigenvalue weighted by Gasteiger charge is 2.27. The number of aromatic nitrogens is 1. The molecule has 1 amide bonds. The molecule has 0 bridgehead atoms.